The van der Waals surface area contributed by atoms with Crippen LogP contribution in [0.25, 0.3) is 0 Å². The Morgan fingerprint density at radius 1 is 0.833 bits per heavy atom. The third-order valence-electron chi connectivity index (χ3n) is 5.60. The van der Waals surface area contributed by atoms with E-state index in [1.807, 2.05) is 49.4 Å². The number of nitrogens with zero attached hydrogens (tertiary/aromatic N) is 2. The Morgan fingerprint density at radius 3 is 2.23 bits per heavy atom. The van der Waals surface area contributed by atoms with E-state index in [0.29, 0.717) is 11.3 Å². The number of aryl methyl sites for hydroxylation is 1. The lowest BCUT2D eigenvalue weighted by molar-refractivity contribution is -0.126. The van der Waals surface area contributed by atoms with Crippen LogP contribution in [0.3, 0.4) is 0 Å². The van der Waals surface area contributed by atoms with Crippen LogP contribution < -0.4 is 9.96 Å². The fourth-order valence-corrected chi connectivity index (χ4v) is 4.23. The molecule has 3 atom stereocenters. The van der Waals surface area contributed by atoms with E-state index in [0.717, 1.165) is 11.3 Å². The Balaban J connectivity index is 1.59. The molecule has 0 aliphatic carbocycles. The van der Waals surface area contributed by atoms with E-state index < -0.39 is 18.1 Å². The van der Waals surface area contributed by atoms with Crippen molar-refractivity contribution in [3.63, 3.8) is 0 Å². The number of rotatable bonds is 3. The molecule has 3 aromatic rings. The minimum Gasteiger partial charge on any atom is -0.273 e. The van der Waals surface area contributed by atoms with E-state index in [1.54, 1.807) is 29.3 Å². The summed E-state index contributed by atoms with van der Waals surface area (Å²) in [5.74, 6) is -1.80. The molecule has 6 heteroatoms. The first-order chi connectivity index (χ1) is 14.5. The number of amides is 2. The van der Waals surface area contributed by atoms with E-state index in [1.165, 1.54) is 17.0 Å². The van der Waals surface area contributed by atoms with E-state index in [4.69, 9.17) is 4.84 Å². The number of benzene rings is 3. The molecule has 0 N–H and O–H groups in total. The molecule has 2 aliphatic rings. The molecule has 150 valence electrons. The van der Waals surface area contributed by atoms with Gasteiger partial charge in [0.1, 0.15) is 11.7 Å². The summed E-state index contributed by atoms with van der Waals surface area (Å²) in [7, 11) is 0. The third kappa shape index (κ3) is 2.88. The van der Waals surface area contributed by atoms with Gasteiger partial charge in [-0.2, -0.15) is 0 Å². The second-order valence-electron chi connectivity index (χ2n) is 7.56. The lowest BCUT2D eigenvalue weighted by Gasteiger charge is -2.28. The van der Waals surface area contributed by atoms with Crippen LogP contribution in [0.5, 0.6) is 0 Å². The molecule has 2 amide bonds. The lowest BCUT2D eigenvalue weighted by atomic mass is 9.90. The minimum absolute atomic E-state index is 0.316. The monoisotopic (exact) mass is 402 g/mol. The predicted octanol–water partition coefficient (Wildman–Crippen LogP) is 4.19. The molecular formula is C24H19FN2O3. The Hall–Kier alpha value is -3.51. The van der Waals surface area contributed by atoms with Gasteiger partial charge < -0.3 is 0 Å². The van der Waals surface area contributed by atoms with Crippen LogP contribution in [-0.4, -0.2) is 17.9 Å². The number of imide groups is 1. The van der Waals surface area contributed by atoms with Crippen LogP contribution in [0.15, 0.2) is 78.9 Å². The number of hydrogen-bond donors (Lipinski definition) is 0. The van der Waals surface area contributed by atoms with Crippen molar-refractivity contribution >= 4 is 23.2 Å². The summed E-state index contributed by atoms with van der Waals surface area (Å²) in [6.45, 7) is 1.91. The van der Waals surface area contributed by atoms with Crippen LogP contribution in [0.1, 0.15) is 17.2 Å². The van der Waals surface area contributed by atoms with E-state index in [2.05, 4.69) is 0 Å². The average Bonchev–Trinajstić information content (AvgIpc) is 3.26. The highest BCUT2D eigenvalue weighted by molar-refractivity contribution is 6.23. The van der Waals surface area contributed by atoms with Crippen molar-refractivity contribution < 1.29 is 18.8 Å². The number of fused-ring (bicyclic) bond motifs is 1. The summed E-state index contributed by atoms with van der Waals surface area (Å²) in [5, 5.41) is 1.60. The largest absolute Gasteiger partial charge is 0.273 e. The van der Waals surface area contributed by atoms with Gasteiger partial charge in [0.05, 0.1) is 17.4 Å². The van der Waals surface area contributed by atoms with Crippen LogP contribution in [0, 0.1) is 18.7 Å². The van der Waals surface area contributed by atoms with Gasteiger partial charge in [0.15, 0.2) is 6.10 Å². The van der Waals surface area contributed by atoms with E-state index >= 15 is 0 Å². The maximum atomic E-state index is 13.5. The minimum atomic E-state index is -0.937. The molecule has 0 radical (unpaired) electrons. The predicted molar refractivity (Wildman–Crippen MR) is 110 cm³/mol. The second-order valence-corrected chi connectivity index (χ2v) is 7.56. The normalized spacial score (nSPS) is 23.2. The number of carbonyl (C=O) groups excluding carboxylic acids is 2. The summed E-state index contributed by atoms with van der Waals surface area (Å²) in [4.78, 5) is 33.9. The number of hydroxylamine groups is 1. The van der Waals surface area contributed by atoms with Gasteiger partial charge in [-0.15, -0.1) is 0 Å². The number of anilines is 2. The van der Waals surface area contributed by atoms with Crippen LogP contribution in [0.4, 0.5) is 15.8 Å². The Kier molecular flexibility index (Phi) is 4.37. The number of hydrogen-bond acceptors (Lipinski definition) is 4. The van der Waals surface area contributed by atoms with Crippen molar-refractivity contribution in [3.05, 3.63) is 95.8 Å². The third-order valence-corrected chi connectivity index (χ3v) is 5.60. The van der Waals surface area contributed by atoms with Gasteiger partial charge in [-0.05, 0) is 54.4 Å². The fourth-order valence-electron chi connectivity index (χ4n) is 4.23. The number of halogens is 1. The van der Waals surface area contributed by atoms with Crippen LogP contribution >= 0.6 is 0 Å². The molecule has 3 aromatic carbocycles. The standard InChI is InChI=1S/C24H19FN2O3/c1-15-6-5-9-19(14-15)26-23(28)20-21(16-10-12-17(25)13-11-16)27(30-22(20)24(26)29)18-7-3-2-4-8-18/h2-14,20-22H,1H3/t20-,21+,22-/m0/s1. The highest BCUT2D eigenvalue weighted by atomic mass is 19.1. The van der Waals surface area contributed by atoms with Crippen molar-refractivity contribution in [2.75, 3.05) is 9.96 Å². The topological polar surface area (TPSA) is 49.9 Å². The molecule has 2 aliphatic heterocycles. The van der Waals surface area contributed by atoms with Gasteiger partial charge in [0, 0.05) is 0 Å². The van der Waals surface area contributed by atoms with Crippen molar-refractivity contribution in [3.8, 4) is 0 Å². The van der Waals surface area contributed by atoms with Gasteiger partial charge >= 0.3 is 0 Å². The van der Waals surface area contributed by atoms with Crippen molar-refractivity contribution in [2.45, 2.75) is 19.1 Å². The first kappa shape index (κ1) is 18.5. The highest BCUT2D eigenvalue weighted by Crippen LogP contribution is 2.47. The van der Waals surface area contributed by atoms with Gasteiger partial charge in [-0.3, -0.25) is 14.4 Å². The quantitative estimate of drug-likeness (QED) is 0.617. The smallest absolute Gasteiger partial charge is 0.266 e. The number of carbonyl (C=O) groups is 2. The Labute approximate surface area is 173 Å². The first-order valence-electron chi connectivity index (χ1n) is 9.75. The molecular weight excluding hydrogens is 383 g/mol. The molecule has 5 nitrogen and oxygen atoms in total. The van der Waals surface area contributed by atoms with Gasteiger partial charge in [0.25, 0.3) is 5.91 Å². The molecule has 2 saturated heterocycles. The van der Waals surface area contributed by atoms with Crippen LogP contribution in [-0.2, 0) is 14.4 Å². The molecule has 0 unspecified atom stereocenters. The summed E-state index contributed by atoms with van der Waals surface area (Å²) in [5.41, 5.74) is 2.92. The SMILES string of the molecule is Cc1cccc(N2C(=O)[C@@H]3[C@H](ON(c4ccccc4)[C@@H]3c3ccc(F)cc3)C2=O)c1. The van der Waals surface area contributed by atoms with Crippen LogP contribution in [0.2, 0.25) is 0 Å². The summed E-state index contributed by atoms with van der Waals surface area (Å²) >= 11 is 0. The zero-order valence-corrected chi connectivity index (χ0v) is 16.2. The average molecular weight is 402 g/mol. The molecule has 2 heterocycles. The molecule has 2 fully saturated rings. The highest BCUT2D eigenvalue weighted by Gasteiger charge is 2.60. The second kappa shape index (κ2) is 7.07. The summed E-state index contributed by atoms with van der Waals surface area (Å²) in [6, 6.07) is 22.0. The zero-order valence-electron chi connectivity index (χ0n) is 16.2. The molecule has 0 saturated carbocycles. The summed E-state index contributed by atoms with van der Waals surface area (Å²) in [6.07, 6.45) is -0.937. The fraction of sp³-hybridized carbons (Fsp3) is 0.167. The molecule has 5 rings (SSSR count). The van der Waals surface area contributed by atoms with Gasteiger partial charge in [0.2, 0.25) is 5.91 Å². The Bertz CT molecular complexity index is 1120. The van der Waals surface area contributed by atoms with E-state index in [-0.39, 0.29) is 17.6 Å². The van der Waals surface area contributed by atoms with Crippen molar-refractivity contribution in [2.24, 2.45) is 5.92 Å². The zero-order chi connectivity index (χ0) is 20.8. The van der Waals surface area contributed by atoms with Gasteiger partial charge in [-0.25, -0.2) is 14.4 Å². The maximum absolute atomic E-state index is 13.5. The Morgan fingerprint density at radius 2 is 1.53 bits per heavy atom. The first-order valence-corrected chi connectivity index (χ1v) is 9.75. The molecule has 30 heavy (non-hydrogen) atoms. The van der Waals surface area contributed by atoms with Crippen molar-refractivity contribution in [1.82, 2.24) is 0 Å². The molecule has 0 spiro atoms. The van der Waals surface area contributed by atoms with Gasteiger partial charge in [-0.1, -0.05) is 42.5 Å². The number of para-hydroxylation sites is 1. The lowest BCUT2D eigenvalue weighted by Crippen LogP contribution is -2.37. The molecule has 0 aromatic heterocycles. The molecule has 0 bridgehead atoms. The summed E-state index contributed by atoms with van der Waals surface area (Å²) < 4.78 is 13.5. The maximum Gasteiger partial charge on any atom is 0.266 e. The van der Waals surface area contributed by atoms with E-state index in [9.17, 15) is 14.0 Å². The van der Waals surface area contributed by atoms with Crippen molar-refractivity contribution in [1.29, 1.82) is 0 Å².